The highest BCUT2D eigenvalue weighted by Crippen LogP contribution is 2.20. The van der Waals surface area contributed by atoms with Crippen molar-refractivity contribution in [1.82, 2.24) is 10.3 Å². The third-order valence-corrected chi connectivity index (χ3v) is 3.86. The lowest BCUT2D eigenvalue weighted by Crippen LogP contribution is -2.23. The molecule has 3 rings (SSSR count). The number of benzene rings is 2. The van der Waals surface area contributed by atoms with Gasteiger partial charge >= 0.3 is 0 Å². The van der Waals surface area contributed by atoms with Crippen molar-refractivity contribution >= 4 is 32.7 Å². The smallest absolute Gasteiger partial charge is 0.267 e. The first-order chi connectivity index (χ1) is 10.7. The first-order valence-corrected chi connectivity index (χ1v) is 7.50. The van der Waals surface area contributed by atoms with Gasteiger partial charge in [0.25, 0.3) is 5.91 Å². The zero-order valence-corrected chi connectivity index (χ0v) is 13.1. The summed E-state index contributed by atoms with van der Waals surface area (Å²) in [7, 11) is 0. The van der Waals surface area contributed by atoms with Crippen LogP contribution in [-0.2, 0) is 6.54 Å². The first-order valence-electron chi connectivity index (χ1n) is 6.71. The van der Waals surface area contributed by atoms with Crippen LogP contribution in [0.3, 0.4) is 0 Å². The summed E-state index contributed by atoms with van der Waals surface area (Å²) in [6, 6.07) is 16.9. The molecule has 0 unspecified atom stereocenters. The van der Waals surface area contributed by atoms with Crippen LogP contribution in [0.1, 0.15) is 21.6 Å². The molecule has 0 spiro atoms. The summed E-state index contributed by atoms with van der Waals surface area (Å²) in [5, 5.41) is 12.6. The minimum absolute atomic E-state index is 0.156. The Hall–Kier alpha value is -2.58. The van der Waals surface area contributed by atoms with Gasteiger partial charge in [0, 0.05) is 21.9 Å². The fourth-order valence-corrected chi connectivity index (χ4v) is 2.56. The molecule has 108 valence electrons. The van der Waals surface area contributed by atoms with Crippen LogP contribution in [0.15, 0.2) is 53.0 Å². The van der Waals surface area contributed by atoms with Gasteiger partial charge in [0.1, 0.15) is 5.69 Å². The fourth-order valence-electron chi connectivity index (χ4n) is 2.20. The number of nitrogens with zero attached hydrogens (tertiary/aromatic N) is 1. The van der Waals surface area contributed by atoms with Gasteiger partial charge in [-0.05, 0) is 35.9 Å². The molecule has 2 N–H and O–H groups in total. The fraction of sp³-hybridized carbons (Fsp3) is 0.0588. The van der Waals surface area contributed by atoms with Gasteiger partial charge in [-0.3, -0.25) is 4.79 Å². The number of carbonyl (C=O) groups is 1. The van der Waals surface area contributed by atoms with E-state index in [1.165, 1.54) is 0 Å². The predicted octanol–water partition coefficient (Wildman–Crippen LogP) is 3.73. The Labute approximate surface area is 135 Å². The summed E-state index contributed by atoms with van der Waals surface area (Å²) in [5.41, 5.74) is 3.00. The molecule has 0 aliphatic heterocycles. The molecule has 0 aliphatic carbocycles. The Balaban J connectivity index is 1.71. The molecule has 1 aromatic heterocycles. The van der Waals surface area contributed by atoms with E-state index in [-0.39, 0.29) is 5.91 Å². The second-order valence-electron chi connectivity index (χ2n) is 4.91. The second-order valence-corrected chi connectivity index (χ2v) is 5.82. The maximum Gasteiger partial charge on any atom is 0.267 e. The third-order valence-electron chi connectivity index (χ3n) is 3.37. The minimum atomic E-state index is -0.156. The van der Waals surface area contributed by atoms with E-state index in [1.54, 1.807) is 12.1 Å². The Kier molecular flexibility index (Phi) is 3.94. The number of halogens is 1. The normalized spacial score (nSPS) is 10.4. The SMILES string of the molecule is N#Cc1ccc(CNC(=O)c2cc3ccc(Br)cc3[nH]2)cc1. The molecule has 0 radical (unpaired) electrons. The summed E-state index contributed by atoms with van der Waals surface area (Å²) in [4.78, 5) is 15.3. The van der Waals surface area contributed by atoms with Gasteiger partial charge in [0.05, 0.1) is 11.6 Å². The molecule has 4 nitrogen and oxygen atoms in total. The molecule has 0 saturated heterocycles. The Morgan fingerprint density at radius 1 is 1.18 bits per heavy atom. The molecule has 1 heterocycles. The van der Waals surface area contributed by atoms with E-state index in [1.807, 2.05) is 36.4 Å². The van der Waals surface area contributed by atoms with Crippen LogP contribution in [0.25, 0.3) is 10.9 Å². The van der Waals surface area contributed by atoms with Crippen molar-refractivity contribution in [2.45, 2.75) is 6.54 Å². The van der Waals surface area contributed by atoms with Gasteiger partial charge in [-0.25, -0.2) is 0 Å². The minimum Gasteiger partial charge on any atom is -0.350 e. The van der Waals surface area contributed by atoms with Gasteiger partial charge in [-0.2, -0.15) is 5.26 Å². The molecule has 5 heteroatoms. The van der Waals surface area contributed by atoms with Crippen molar-refractivity contribution in [3.63, 3.8) is 0 Å². The summed E-state index contributed by atoms with van der Waals surface area (Å²) in [6.45, 7) is 0.420. The molecule has 0 atom stereocenters. The summed E-state index contributed by atoms with van der Waals surface area (Å²) < 4.78 is 0.964. The van der Waals surface area contributed by atoms with Gasteiger partial charge < -0.3 is 10.3 Å². The second kappa shape index (κ2) is 6.04. The zero-order valence-electron chi connectivity index (χ0n) is 11.6. The topological polar surface area (TPSA) is 68.7 Å². The van der Waals surface area contributed by atoms with E-state index in [0.29, 0.717) is 17.8 Å². The number of hydrogen-bond donors (Lipinski definition) is 2. The highest BCUT2D eigenvalue weighted by molar-refractivity contribution is 9.10. The maximum absolute atomic E-state index is 12.2. The lowest BCUT2D eigenvalue weighted by molar-refractivity contribution is 0.0947. The van der Waals surface area contributed by atoms with Crippen LogP contribution in [0.5, 0.6) is 0 Å². The highest BCUT2D eigenvalue weighted by Gasteiger charge is 2.09. The number of aromatic nitrogens is 1. The van der Waals surface area contributed by atoms with Crippen molar-refractivity contribution in [2.75, 3.05) is 0 Å². The van der Waals surface area contributed by atoms with E-state index >= 15 is 0 Å². The Morgan fingerprint density at radius 3 is 2.68 bits per heavy atom. The van der Waals surface area contributed by atoms with E-state index in [4.69, 9.17) is 5.26 Å². The van der Waals surface area contributed by atoms with Crippen LogP contribution < -0.4 is 5.32 Å². The molecule has 2 aromatic carbocycles. The first kappa shape index (κ1) is 14.4. The molecule has 1 amide bonds. The average Bonchev–Trinajstić information content (AvgIpc) is 2.96. The van der Waals surface area contributed by atoms with Crippen LogP contribution in [0, 0.1) is 11.3 Å². The zero-order chi connectivity index (χ0) is 15.5. The Bertz CT molecular complexity index is 875. The predicted molar refractivity (Wildman–Crippen MR) is 88.3 cm³/mol. The number of amides is 1. The van der Waals surface area contributed by atoms with Crippen molar-refractivity contribution < 1.29 is 4.79 Å². The Morgan fingerprint density at radius 2 is 1.95 bits per heavy atom. The lowest BCUT2D eigenvalue weighted by atomic mass is 10.1. The number of hydrogen-bond acceptors (Lipinski definition) is 2. The number of aromatic amines is 1. The maximum atomic E-state index is 12.2. The molecule has 0 aliphatic rings. The lowest BCUT2D eigenvalue weighted by Gasteiger charge is -2.04. The number of nitrogens with one attached hydrogen (secondary N) is 2. The van der Waals surface area contributed by atoms with E-state index < -0.39 is 0 Å². The molecule has 3 aromatic rings. The largest absolute Gasteiger partial charge is 0.350 e. The van der Waals surface area contributed by atoms with Gasteiger partial charge in [-0.15, -0.1) is 0 Å². The van der Waals surface area contributed by atoms with Crippen molar-refractivity contribution in [2.24, 2.45) is 0 Å². The summed E-state index contributed by atoms with van der Waals surface area (Å²) >= 11 is 3.41. The van der Waals surface area contributed by atoms with Gasteiger partial charge in [0.15, 0.2) is 0 Å². The number of carbonyl (C=O) groups excluding carboxylic acids is 1. The van der Waals surface area contributed by atoms with E-state index in [2.05, 4.69) is 32.3 Å². The molecular weight excluding hydrogens is 342 g/mol. The van der Waals surface area contributed by atoms with Crippen LogP contribution in [0.4, 0.5) is 0 Å². The van der Waals surface area contributed by atoms with Gasteiger partial charge in [-0.1, -0.05) is 34.1 Å². The number of H-pyrrole nitrogens is 1. The van der Waals surface area contributed by atoms with Crippen molar-refractivity contribution in [3.8, 4) is 6.07 Å². The van der Waals surface area contributed by atoms with E-state index in [9.17, 15) is 4.79 Å². The van der Waals surface area contributed by atoms with Crippen LogP contribution >= 0.6 is 15.9 Å². The van der Waals surface area contributed by atoms with Crippen LogP contribution in [0.2, 0.25) is 0 Å². The molecular formula is C17H12BrN3O. The molecule has 0 saturated carbocycles. The quantitative estimate of drug-likeness (QED) is 0.753. The monoisotopic (exact) mass is 353 g/mol. The molecule has 0 fully saturated rings. The third kappa shape index (κ3) is 3.02. The van der Waals surface area contributed by atoms with Gasteiger partial charge in [0.2, 0.25) is 0 Å². The molecule has 0 bridgehead atoms. The number of fused-ring (bicyclic) bond motifs is 1. The van der Waals surface area contributed by atoms with E-state index in [0.717, 1.165) is 20.9 Å². The highest BCUT2D eigenvalue weighted by atomic mass is 79.9. The number of rotatable bonds is 3. The van der Waals surface area contributed by atoms with Crippen molar-refractivity contribution in [1.29, 1.82) is 5.26 Å². The number of nitriles is 1. The summed E-state index contributed by atoms with van der Waals surface area (Å²) in [6.07, 6.45) is 0. The average molecular weight is 354 g/mol. The van der Waals surface area contributed by atoms with Crippen LogP contribution in [-0.4, -0.2) is 10.9 Å². The summed E-state index contributed by atoms with van der Waals surface area (Å²) in [5.74, 6) is -0.156. The standard InChI is InChI=1S/C17H12BrN3O/c18-14-6-5-13-7-16(21-15(13)8-14)17(22)20-10-12-3-1-11(9-19)2-4-12/h1-8,21H,10H2,(H,20,22). The van der Waals surface area contributed by atoms with Crippen molar-refractivity contribution in [3.05, 3.63) is 69.8 Å². The molecule has 22 heavy (non-hydrogen) atoms.